The fraction of sp³-hybridized carbons (Fsp3) is 0.133. The summed E-state index contributed by atoms with van der Waals surface area (Å²) in [5.41, 5.74) is 3.05. The lowest BCUT2D eigenvalue weighted by molar-refractivity contribution is 0.0940. The summed E-state index contributed by atoms with van der Waals surface area (Å²) in [5, 5.41) is 5.97. The van der Waals surface area contributed by atoms with Crippen LogP contribution in [0.15, 0.2) is 107 Å². The van der Waals surface area contributed by atoms with E-state index in [1.165, 1.54) is 21.6 Å². The molecule has 0 saturated carbocycles. The van der Waals surface area contributed by atoms with Crippen molar-refractivity contribution in [2.75, 3.05) is 14.2 Å². The Kier molecular flexibility index (Phi) is 9.72. The number of hydrogen-bond acceptors (Lipinski definition) is 6. The monoisotopic (exact) mass is 544 g/mol. The molecule has 0 aromatic heterocycles. The van der Waals surface area contributed by atoms with Gasteiger partial charge in [0.1, 0.15) is 11.5 Å². The Morgan fingerprint density at radius 2 is 1.03 bits per heavy atom. The van der Waals surface area contributed by atoms with Gasteiger partial charge < -0.3 is 20.1 Å². The van der Waals surface area contributed by atoms with Crippen LogP contribution in [0.5, 0.6) is 11.5 Å². The number of rotatable bonds is 11. The molecule has 0 aliphatic rings. The third-order valence-corrected chi connectivity index (χ3v) is 8.14. The molecule has 4 aromatic rings. The van der Waals surface area contributed by atoms with Crippen LogP contribution in [0, 0.1) is 0 Å². The zero-order valence-corrected chi connectivity index (χ0v) is 22.7. The van der Waals surface area contributed by atoms with E-state index in [-0.39, 0.29) is 11.8 Å². The van der Waals surface area contributed by atoms with Crippen molar-refractivity contribution in [2.24, 2.45) is 0 Å². The number of methoxy groups -OCH3 is 2. The van der Waals surface area contributed by atoms with Gasteiger partial charge in [0.05, 0.1) is 25.3 Å². The SMILES string of the molecule is COc1cccc(CNC(=O)c2ccccc2SSc2ccccc2C(=O)NCc2cccc(OC)c2)c1. The minimum absolute atomic E-state index is 0.166. The molecule has 0 saturated heterocycles. The molecular weight excluding hydrogens is 516 g/mol. The average Bonchev–Trinajstić information content (AvgIpc) is 2.98. The standard InChI is InChI=1S/C30H28N2O4S2/c1-35-23-11-7-9-21(17-23)19-31-29(33)25-13-3-5-15-27(25)37-38-28-16-6-4-14-26(28)30(34)32-20-22-10-8-12-24(18-22)36-2/h3-18H,19-20H2,1-2H3,(H,31,33)(H,32,34). The normalized spacial score (nSPS) is 10.5. The van der Waals surface area contributed by atoms with Gasteiger partial charge in [-0.3, -0.25) is 9.59 Å². The van der Waals surface area contributed by atoms with E-state index in [1.807, 2.05) is 84.9 Å². The van der Waals surface area contributed by atoms with Gasteiger partial charge in [0.2, 0.25) is 0 Å². The van der Waals surface area contributed by atoms with Crippen LogP contribution in [0.1, 0.15) is 31.8 Å². The fourth-order valence-corrected chi connectivity index (χ4v) is 6.02. The maximum Gasteiger partial charge on any atom is 0.252 e. The van der Waals surface area contributed by atoms with Crippen LogP contribution in [-0.4, -0.2) is 26.0 Å². The third kappa shape index (κ3) is 7.34. The lowest BCUT2D eigenvalue weighted by Gasteiger charge is -2.12. The fourth-order valence-electron chi connectivity index (χ4n) is 3.66. The maximum absolute atomic E-state index is 13.0. The highest BCUT2D eigenvalue weighted by atomic mass is 33.1. The van der Waals surface area contributed by atoms with E-state index in [4.69, 9.17) is 9.47 Å². The number of ether oxygens (including phenoxy) is 2. The van der Waals surface area contributed by atoms with Gasteiger partial charge in [-0.05, 0) is 59.7 Å². The van der Waals surface area contributed by atoms with E-state index in [0.717, 1.165) is 32.4 Å². The second-order valence-electron chi connectivity index (χ2n) is 8.23. The number of amides is 2. The number of nitrogens with one attached hydrogen (secondary N) is 2. The smallest absolute Gasteiger partial charge is 0.252 e. The summed E-state index contributed by atoms with van der Waals surface area (Å²) < 4.78 is 10.5. The van der Waals surface area contributed by atoms with Gasteiger partial charge in [0.25, 0.3) is 11.8 Å². The van der Waals surface area contributed by atoms with Gasteiger partial charge in [-0.2, -0.15) is 0 Å². The second-order valence-corrected chi connectivity index (χ2v) is 10.4. The summed E-state index contributed by atoms with van der Waals surface area (Å²) in [5.74, 6) is 1.16. The Morgan fingerprint density at radius 1 is 0.605 bits per heavy atom. The topological polar surface area (TPSA) is 76.7 Å². The molecule has 0 heterocycles. The molecule has 0 fully saturated rings. The Balaban J connectivity index is 1.40. The Hall–Kier alpha value is -3.88. The van der Waals surface area contributed by atoms with Crippen LogP contribution in [0.3, 0.4) is 0 Å². The molecule has 2 N–H and O–H groups in total. The van der Waals surface area contributed by atoms with Crippen LogP contribution in [-0.2, 0) is 13.1 Å². The van der Waals surface area contributed by atoms with Crippen molar-refractivity contribution < 1.29 is 19.1 Å². The quantitative estimate of drug-likeness (QED) is 0.214. The molecule has 0 aliphatic carbocycles. The lowest BCUT2D eigenvalue weighted by atomic mass is 10.2. The first-order valence-corrected chi connectivity index (χ1v) is 14.1. The Morgan fingerprint density at radius 3 is 1.45 bits per heavy atom. The van der Waals surface area contributed by atoms with Crippen LogP contribution in [0.25, 0.3) is 0 Å². The molecule has 0 aliphatic heterocycles. The molecule has 8 heteroatoms. The minimum Gasteiger partial charge on any atom is -0.497 e. The van der Waals surface area contributed by atoms with E-state index < -0.39 is 0 Å². The van der Waals surface area contributed by atoms with Gasteiger partial charge in [-0.25, -0.2) is 0 Å². The van der Waals surface area contributed by atoms with Crippen molar-refractivity contribution in [2.45, 2.75) is 22.9 Å². The lowest BCUT2D eigenvalue weighted by Crippen LogP contribution is -2.23. The Labute approximate surface area is 230 Å². The van der Waals surface area contributed by atoms with Gasteiger partial charge in [0, 0.05) is 22.9 Å². The molecule has 0 bridgehead atoms. The molecule has 0 unspecified atom stereocenters. The second kappa shape index (κ2) is 13.6. The molecule has 194 valence electrons. The number of carbonyl (C=O) groups excluding carboxylic acids is 2. The molecule has 6 nitrogen and oxygen atoms in total. The summed E-state index contributed by atoms with van der Waals surface area (Å²) in [6.07, 6.45) is 0. The minimum atomic E-state index is -0.166. The largest absolute Gasteiger partial charge is 0.497 e. The Bertz CT molecular complexity index is 1300. The molecule has 4 aromatic carbocycles. The van der Waals surface area contributed by atoms with Crippen molar-refractivity contribution in [1.29, 1.82) is 0 Å². The van der Waals surface area contributed by atoms with Crippen molar-refractivity contribution in [1.82, 2.24) is 10.6 Å². The summed E-state index contributed by atoms with van der Waals surface area (Å²) in [6, 6.07) is 30.1. The van der Waals surface area contributed by atoms with Gasteiger partial charge >= 0.3 is 0 Å². The van der Waals surface area contributed by atoms with Crippen molar-refractivity contribution in [3.05, 3.63) is 119 Å². The van der Waals surface area contributed by atoms with E-state index >= 15 is 0 Å². The predicted octanol–water partition coefficient (Wildman–Crippen LogP) is 6.36. The van der Waals surface area contributed by atoms with Gasteiger partial charge in [-0.15, -0.1) is 0 Å². The van der Waals surface area contributed by atoms with Crippen LogP contribution < -0.4 is 20.1 Å². The van der Waals surface area contributed by atoms with E-state index in [1.54, 1.807) is 26.4 Å². The van der Waals surface area contributed by atoms with Crippen LogP contribution in [0.4, 0.5) is 0 Å². The highest BCUT2D eigenvalue weighted by Gasteiger charge is 2.15. The average molecular weight is 545 g/mol. The zero-order valence-electron chi connectivity index (χ0n) is 21.1. The predicted molar refractivity (Wildman–Crippen MR) is 153 cm³/mol. The van der Waals surface area contributed by atoms with Crippen molar-refractivity contribution in [3.8, 4) is 11.5 Å². The molecule has 38 heavy (non-hydrogen) atoms. The van der Waals surface area contributed by atoms with E-state index in [9.17, 15) is 9.59 Å². The molecule has 4 rings (SSSR count). The first kappa shape index (κ1) is 27.2. The molecule has 0 spiro atoms. The first-order chi connectivity index (χ1) is 18.6. The summed E-state index contributed by atoms with van der Waals surface area (Å²) in [6.45, 7) is 0.775. The van der Waals surface area contributed by atoms with E-state index in [0.29, 0.717) is 24.2 Å². The van der Waals surface area contributed by atoms with Crippen molar-refractivity contribution >= 4 is 33.4 Å². The first-order valence-electron chi connectivity index (χ1n) is 11.9. The van der Waals surface area contributed by atoms with Gasteiger partial charge in [0.15, 0.2) is 0 Å². The highest BCUT2D eigenvalue weighted by molar-refractivity contribution is 8.76. The molecule has 2 amide bonds. The maximum atomic E-state index is 13.0. The van der Waals surface area contributed by atoms with Crippen LogP contribution >= 0.6 is 21.6 Å². The number of benzene rings is 4. The van der Waals surface area contributed by atoms with Crippen LogP contribution in [0.2, 0.25) is 0 Å². The van der Waals surface area contributed by atoms with E-state index in [2.05, 4.69) is 10.6 Å². The molecular formula is C30H28N2O4S2. The zero-order chi connectivity index (χ0) is 26.7. The highest BCUT2D eigenvalue weighted by Crippen LogP contribution is 2.40. The van der Waals surface area contributed by atoms with Crippen molar-refractivity contribution in [3.63, 3.8) is 0 Å². The van der Waals surface area contributed by atoms with Gasteiger partial charge in [-0.1, -0.05) is 70.1 Å². The molecule has 0 atom stereocenters. The number of hydrogen-bond donors (Lipinski definition) is 2. The number of carbonyl (C=O) groups is 2. The summed E-state index contributed by atoms with van der Waals surface area (Å²) in [7, 11) is 6.13. The summed E-state index contributed by atoms with van der Waals surface area (Å²) >= 11 is 0. The summed E-state index contributed by atoms with van der Waals surface area (Å²) in [4.78, 5) is 27.6. The third-order valence-electron chi connectivity index (χ3n) is 5.66. The molecule has 0 radical (unpaired) electrons.